The van der Waals surface area contributed by atoms with Gasteiger partial charge in [0.15, 0.2) is 0 Å². The van der Waals surface area contributed by atoms with E-state index >= 15 is 0 Å². The van der Waals surface area contributed by atoms with Crippen molar-refractivity contribution in [2.45, 2.75) is 51.7 Å². The van der Waals surface area contributed by atoms with Crippen molar-refractivity contribution in [3.8, 4) is 5.88 Å². The quantitative estimate of drug-likeness (QED) is 0.546. The van der Waals surface area contributed by atoms with E-state index in [0.717, 1.165) is 11.6 Å². The maximum Gasteiger partial charge on any atom is 0.492 e. The summed E-state index contributed by atoms with van der Waals surface area (Å²) in [5.74, 6) is -0.0151. The lowest BCUT2D eigenvalue weighted by atomic mass is 9.77. The predicted molar refractivity (Wildman–Crippen MR) is 124 cm³/mol. The summed E-state index contributed by atoms with van der Waals surface area (Å²) in [4.78, 5) is 16.1. The van der Waals surface area contributed by atoms with Crippen LogP contribution in [0.5, 0.6) is 5.88 Å². The Balaban J connectivity index is 1.86. The topological polar surface area (TPSA) is 78.9 Å². The predicted octanol–water partition coefficient (Wildman–Crippen LogP) is 5.05. The summed E-state index contributed by atoms with van der Waals surface area (Å²) < 4.78 is 62.4. The molecule has 1 amide bonds. The number of rotatable bonds is 7. The number of hydrogen-bond acceptors (Lipinski definition) is 6. The zero-order valence-electron chi connectivity index (χ0n) is 20.2. The summed E-state index contributed by atoms with van der Waals surface area (Å²) in [7, 11) is 0.370. The SMILES string of the molecule is COc1ncc(C(F)(F)F)cc1C=C(CNC(=O)OCc1ccccc1)B1OC(C)(C)C(C)(C)O1. The molecule has 0 aliphatic carbocycles. The zero-order valence-corrected chi connectivity index (χ0v) is 20.2. The number of pyridine rings is 1. The Morgan fingerprint density at radius 2 is 1.77 bits per heavy atom. The lowest BCUT2D eigenvalue weighted by Crippen LogP contribution is -2.41. The zero-order chi connectivity index (χ0) is 25.9. The van der Waals surface area contributed by atoms with Crippen molar-refractivity contribution in [3.05, 3.63) is 64.8 Å². The number of alkyl halides is 3. The monoisotopic (exact) mass is 492 g/mol. The van der Waals surface area contributed by atoms with Crippen LogP contribution in [0.15, 0.2) is 48.1 Å². The smallest absolute Gasteiger partial charge is 0.481 e. The van der Waals surface area contributed by atoms with Crippen LogP contribution in [0.3, 0.4) is 0 Å². The van der Waals surface area contributed by atoms with Crippen molar-refractivity contribution in [1.82, 2.24) is 10.3 Å². The van der Waals surface area contributed by atoms with Gasteiger partial charge in [-0.15, -0.1) is 0 Å². The van der Waals surface area contributed by atoms with Crippen molar-refractivity contribution >= 4 is 19.3 Å². The number of nitrogens with zero attached hydrogens (tertiary/aromatic N) is 1. The Morgan fingerprint density at radius 1 is 1.14 bits per heavy atom. The largest absolute Gasteiger partial charge is 0.492 e. The van der Waals surface area contributed by atoms with Crippen LogP contribution in [0, 0.1) is 0 Å². The number of benzene rings is 1. The number of hydrogen-bond donors (Lipinski definition) is 1. The number of ether oxygens (including phenoxy) is 2. The molecule has 1 N–H and O–H groups in total. The molecule has 0 unspecified atom stereocenters. The van der Waals surface area contributed by atoms with E-state index in [0.29, 0.717) is 11.7 Å². The van der Waals surface area contributed by atoms with Gasteiger partial charge in [-0.2, -0.15) is 13.2 Å². The minimum Gasteiger partial charge on any atom is -0.481 e. The van der Waals surface area contributed by atoms with Crippen LogP contribution in [0.1, 0.15) is 44.4 Å². The molecule has 188 valence electrons. The molecule has 0 atom stereocenters. The number of carbonyl (C=O) groups excluding carboxylic acids is 1. The molecule has 3 rings (SSSR count). The van der Waals surface area contributed by atoms with Gasteiger partial charge in [0.25, 0.3) is 0 Å². The average Bonchev–Trinajstić information content (AvgIpc) is 3.01. The van der Waals surface area contributed by atoms with Gasteiger partial charge in [-0.1, -0.05) is 36.4 Å². The van der Waals surface area contributed by atoms with Crippen molar-refractivity contribution in [3.63, 3.8) is 0 Å². The molecule has 0 spiro atoms. The summed E-state index contributed by atoms with van der Waals surface area (Å²) >= 11 is 0. The van der Waals surface area contributed by atoms with Gasteiger partial charge in [-0.05, 0) is 44.8 Å². The molecule has 0 bridgehead atoms. The maximum atomic E-state index is 13.3. The van der Waals surface area contributed by atoms with E-state index in [1.807, 2.05) is 58.0 Å². The standard InChI is InChI=1S/C24H28BF3N2O5/c1-22(2)23(3,4)35-25(34-22)19(14-30-21(31)33-15-16-9-7-6-8-10-16)12-17-11-18(24(26,27)28)13-29-20(17)32-5/h6-13H,14-15H2,1-5H3,(H,30,31). The van der Waals surface area contributed by atoms with E-state index in [1.54, 1.807) is 0 Å². The van der Waals surface area contributed by atoms with Crippen LogP contribution in [0.4, 0.5) is 18.0 Å². The van der Waals surface area contributed by atoms with Crippen molar-refractivity contribution in [1.29, 1.82) is 0 Å². The summed E-state index contributed by atoms with van der Waals surface area (Å²) in [6.45, 7) is 7.34. The van der Waals surface area contributed by atoms with Crippen LogP contribution in [0.2, 0.25) is 0 Å². The van der Waals surface area contributed by atoms with Gasteiger partial charge >= 0.3 is 19.4 Å². The third-order valence-corrected chi connectivity index (χ3v) is 5.95. The number of aromatic nitrogens is 1. The Kier molecular flexibility index (Phi) is 7.81. The lowest BCUT2D eigenvalue weighted by molar-refractivity contribution is -0.137. The van der Waals surface area contributed by atoms with Gasteiger partial charge in [0.1, 0.15) is 6.61 Å². The van der Waals surface area contributed by atoms with Crippen LogP contribution >= 0.6 is 0 Å². The lowest BCUT2D eigenvalue weighted by Gasteiger charge is -2.32. The molecule has 0 saturated carbocycles. The van der Waals surface area contributed by atoms with Crippen LogP contribution in [-0.4, -0.2) is 43.1 Å². The first kappa shape index (κ1) is 26.6. The molecule has 1 aliphatic heterocycles. The summed E-state index contributed by atoms with van der Waals surface area (Å²) in [6.07, 6.45) is -3.18. The highest BCUT2D eigenvalue weighted by atomic mass is 19.4. The van der Waals surface area contributed by atoms with Gasteiger partial charge in [0.2, 0.25) is 5.88 Å². The fourth-order valence-electron chi connectivity index (χ4n) is 3.24. The molecule has 7 nitrogen and oxygen atoms in total. The van der Waals surface area contributed by atoms with Crippen molar-refractivity contribution < 1.29 is 36.7 Å². The first-order chi connectivity index (χ1) is 16.3. The molecule has 1 saturated heterocycles. The third-order valence-electron chi connectivity index (χ3n) is 5.95. The van der Waals surface area contributed by atoms with E-state index < -0.39 is 36.2 Å². The van der Waals surface area contributed by atoms with E-state index in [-0.39, 0.29) is 24.6 Å². The Labute approximate surface area is 202 Å². The Morgan fingerprint density at radius 3 is 2.34 bits per heavy atom. The van der Waals surface area contributed by atoms with E-state index in [9.17, 15) is 18.0 Å². The molecule has 1 aromatic heterocycles. The van der Waals surface area contributed by atoms with Gasteiger partial charge in [-0.3, -0.25) is 0 Å². The second-order valence-electron chi connectivity index (χ2n) is 9.04. The second kappa shape index (κ2) is 10.3. The minimum absolute atomic E-state index is 0.0151. The number of amides is 1. The highest BCUT2D eigenvalue weighted by molar-refractivity contribution is 6.56. The highest BCUT2D eigenvalue weighted by Gasteiger charge is 2.52. The fraction of sp³-hybridized carbons (Fsp3) is 0.417. The van der Waals surface area contributed by atoms with E-state index in [4.69, 9.17) is 18.8 Å². The normalized spacial score (nSPS) is 17.3. The first-order valence-electron chi connectivity index (χ1n) is 10.9. The summed E-state index contributed by atoms with van der Waals surface area (Å²) in [5, 5.41) is 2.61. The first-order valence-corrected chi connectivity index (χ1v) is 10.9. The van der Waals surface area contributed by atoms with Crippen molar-refractivity contribution in [2.24, 2.45) is 0 Å². The summed E-state index contributed by atoms with van der Waals surface area (Å²) in [6, 6.07) is 10.1. The number of halogens is 3. The number of carbonyl (C=O) groups is 1. The number of nitrogens with one attached hydrogen (secondary N) is 1. The molecule has 2 heterocycles. The maximum absolute atomic E-state index is 13.3. The van der Waals surface area contributed by atoms with Gasteiger partial charge in [0.05, 0.1) is 23.9 Å². The molecule has 1 fully saturated rings. The molecule has 11 heteroatoms. The Hall–Kier alpha value is -3.05. The number of alkyl carbamates (subject to hydrolysis) is 1. The molecular formula is C24H28BF3N2O5. The molecule has 35 heavy (non-hydrogen) atoms. The average molecular weight is 492 g/mol. The van der Waals surface area contributed by atoms with Gasteiger partial charge in [0, 0.05) is 18.3 Å². The Bertz CT molecular complexity index is 1060. The van der Waals surface area contributed by atoms with Gasteiger partial charge in [-0.25, -0.2) is 9.78 Å². The molecule has 1 aliphatic rings. The van der Waals surface area contributed by atoms with Crippen molar-refractivity contribution in [2.75, 3.05) is 13.7 Å². The molecule has 1 aromatic carbocycles. The summed E-state index contributed by atoms with van der Waals surface area (Å²) in [5.41, 5.74) is -1.12. The fourth-order valence-corrected chi connectivity index (χ4v) is 3.24. The highest BCUT2D eigenvalue weighted by Crippen LogP contribution is 2.39. The van der Waals surface area contributed by atoms with E-state index in [2.05, 4.69) is 10.3 Å². The van der Waals surface area contributed by atoms with E-state index in [1.165, 1.54) is 13.2 Å². The molecular weight excluding hydrogens is 464 g/mol. The van der Waals surface area contributed by atoms with Crippen LogP contribution in [0.25, 0.3) is 6.08 Å². The second-order valence-corrected chi connectivity index (χ2v) is 9.04. The van der Waals surface area contributed by atoms with Crippen LogP contribution in [-0.2, 0) is 26.8 Å². The number of methoxy groups -OCH3 is 1. The third kappa shape index (κ3) is 6.55. The van der Waals surface area contributed by atoms with Gasteiger partial charge < -0.3 is 24.1 Å². The molecule has 2 aromatic rings. The minimum atomic E-state index is -4.59. The van der Waals surface area contributed by atoms with Crippen LogP contribution < -0.4 is 10.1 Å². The molecule has 0 radical (unpaired) electrons.